The van der Waals surface area contributed by atoms with E-state index in [0.29, 0.717) is 0 Å². The van der Waals surface area contributed by atoms with Crippen LogP contribution >= 0.6 is 0 Å². The molecule has 1 N–H and O–H groups in total. The number of carbonyl (C=O) groups excluding carboxylic acids is 1. The van der Waals surface area contributed by atoms with Crippen LogP contribution in [-0.4, -0.2) is 24.7 Å². The summed E-state index contributed by atoms with van der Waals surface area (Å²) in [5.74, 6) is 0.684. The molecule has 2 atom stereocenters. The van der Waals surface area contributed by atoms with Gasteiger partial charge in [-0.05, 0) is 51.3 Å². The number of methoxy groups -OCH3 is 1. The molecule has 2 rings (SSSR count). The summed E-state index contributed by atoms with van der Waals surface area (Å²) in [5.41, 5.74) is 0.744. The monoisotopic (exact) mass is 277 g/mol. The maximum absolute atomic E-state index is 12.0. The van der Waals surface area contributed by atoms with Gasteiger partial charge in [-0.25, -0.2) is 0 Å². The van der Waals surface area contributed by atoms with Gasteiger partial charge in [0.15, 0.2) is 0 Å². The van der Waals surface area contributed by atoms with Gasteiger partial charge in [-0.15, -0.1) is 0 Å². The molecule has 1 aliphatic heterocycles. The molecule has 0 amide bonds. The number of hydrogen-bond donors (Lipinski definition) is 1. The topological polar surface area (TPSA) is 47.6 Å². The number of hydrogen-bond acceptors (Lipinski definition) is 4. The van der Waals surface area contributed by atoms with Crippen LogP contribution in [0.25, 0.3) is 0 Å². The third-order valence-electron chi connectivity index (χ3n) is 3.36. The Morgan fingerprint density at radius 3 is 2.40 bits per heavy atom. The molecule has 2 unspecified atom stereocenters. The number of carbonyl (C=O) groups is 1. The standard InChI is InChI=1S/C16H23NO3/c1-16(2,3)20-15(18)14-10-9-13(17-14)11-5-7-12(19-4)8-6-11/h5-8,13-14,17H,9-10H2,1-4H3. The lowest BCUT2D eigenvalue weighted by Gasteiger charge is -2.22. The molecule has 0 aliphatic carbocycles. The average Bonchev–Trinajstić information content (AvgIpc) is 2.86. The lowest BCUT2D eigenvalue weighted by atomic mass is 10.1. The van der Waals surface area contributed by atoms with Gasteiger partial charge in [0.05, 0.1) is 7.11 Å². The van der Waals surface area contributed by atoms with Crippen molar-refractivity contribution in [3.8, 4) is 5.75 Å². The molecule has 0 saturated carbocycles. The Balaban J connectivity index is 1.96. The normalized spacial score (nSPS) is 22.6. The lowest BCUT2D eigenvalue weighted by Crippen LogP contribution is -2.38. The van der Waals surface area contributed by atoms with E-state index < -0.39 is 5.60 Å². The second-order valence-electron chi connectivity index (χ2n) is 6.16. The third kappa shape index (κ3) is 3.73. The number of nitrogens with one attached hydrogen (secondary N) is 1. The van der Waals surface area contributed by atoms with Crippen molar-refractivity contribution in [3.63, 3.8) is 0 Å². The van der Waals surface area contributed by atoms with Gasteiger partial charge in [0.2, 0.25) is 0 Å². The van der Waals surface area contributed by atoms with Crippen LogP contribution in [0.15, 0.2) is 24.3 Å². The van der Waals surface area contributed by atoms with Crippen molar-refractivity contribution in [2.45, 2.75) is 51.3 Å². The van der Waals surface area contributed by atoms with E-state index >= 15 is 0 Å². The second-order valence-corrected chi connectivity index (χ2v) is 6.16. The van der Waals surface area contributed by atoms with Crippen molar-refractivity contribution < 1.29 is 14.3 Å². The van der Waals surface area contributed by atoms with Crippen molar-refractivity contribution in [2.75, 3.05) is 7.11 Å². The maximum atomic E-state index is 12.0. The van der Waals surface area contributed by atoms with E-state index in [9.17, 15) is 4.79 Å². The Morgan fingerprint density at radius 1 is 1.20 bits per heavy atom. The zero-order valence-electron chi connectivity index (χ0n) is 12.6. The molecule has 1 aromatic carbocycles. The molecule has 1 saturated heterocycles. The minimum absolute atomic E-state index is 0.159. The average molecular weight is 277 g/mol. The van der Waals surface area contributed by atoms with Crippen LogP contribution in [-0.2, 0) is 9.53 Å². The Labute approximate surface area is 120 Å². The highest BCUT2D eigenvalue weighted by atomic mass is 16.6. The molecule has 1 fully saturated rings. The van der Waals surface area contributed by atoms with E-state index in [1.807, 2.05) is 45.0 Å². The first kappa shape index (κ1) is 14.9. The van der Waals surface area contributed by atoms with Crippen LogP contribution < -0.4 is 10.1 Å². The van der Waals surface area contributed by atoms with E-state index in [1.165, 1.54) is 5.56 Å². The predicted octanol–water partition coefficient (Wildman–Crippen LogP) is 2.83. The van der Waals surface area contributed by atoms with Crippen molar-refractivity contribution in [3.05, 3.63) is 29.8 Å². The molecule has 1 heterocycles. The van der Waals surface area contributed by atoms with Crippen molar-refractivity contribution in [1.29, 1.82) is 0 Å². The summed E-state index contributed by atoms with van der Waals surface area (Å²) in [6.45, 7) is 5.67. The van der Waals surface area contributed by atoms with Crippen LogP contribution in [0.5, 0.6) is 5.75 Å². The highest BCUT2D eigenvalue weighted by molar-refractivity contribution is 5.76. The SMILES string of the molecule is COc1ccc(C2CCC(C(=O)OC(C)(C)C)N2)cc1. The van der Waals surface area contributed by atoms with E-state index in [2.05, 4.69) is 5.32 Å². The van der Waals surface area contributed by atoms with Gasteiger partial charge in [-0.1, -0.05) is 12.1 Å². The molecule has 1 aliphatic rings. The molecule has 0 spiro atoms. The smallest absolute Gasteiger partial charge is 0.323 e. The molecule has 0 radical (unpaired) electrons. The van der Waals surface area contributed by atoms with Crippen LogP contribution in [0.2, 0.25) is 0 Å². The molecule has 1 aromatic rings. The molecular formula is C16H23NO3. The highest BCUT2D eigenvalue weighted by Crippen LogP contribution is 2.28. The summed E-state index contributed by atoms with van der Waals surface area (Å²) < 4.78 is 10.6. The van der Waals surface area contributed by atoms with Gasteiger partial charge in [0.1, 0.15) is 17.4 Å². The fourth-order valence-corrected chi connectivity index (χ4v) is 2.40. The highest BCUT2D eigenvalue weighted by Gasteiger charge is 2.32. The zero-order chi connectivity index (χ0) is 14.8. The molecule has 0 aromatic heterocycles. The van der Waals surface area contributed by atoms with E-state index in [-0.39, 0.29) is 18.1 Å². The molecule has 4 heteroatoms. The van der Waals surface area contributed by atoms with E-state index in [4.69, 9.17) is 9.47 Å². The summed E-state index contributed by atoms with van der Waals surface area (Å²) in [7, 11) is 1.65. The summed E-state index contributed by atoms with van der Waals surface area (Å²) >= 11 is 0. The van der Waals surface area contributed by atoms with Crippen LogP contribution in [0, 0.1) is 0 Å². The first-order chi connectivity index (χ1) is 9.39. The molecular weight excluding hydrogens is 254 g/mol. The predicted molar refractivity (Wildman–Crippen MR) is 77.7 cm³/mol. The molecule has 4 nitrogen and oxygen atoms in total. The minimum atomic E-state index is -0.434. The van der Waals surface area contributed by atoms with Gasteiger partial charge in [-0.2, -0.15) is 0 Å². The number of benzene rings is 1. The quantitative estimate of drug-likeness (QED) is 0.863. The number of esters is 1. The second kappa shape index (κ2) is 5.83. The lowest BCUT2D eigenvalue weighted by molar-refractivity contribution is -0.157. The zero-order valence-corrected chi connectivity index (χ0v) is 12.6. The largest absolute Gasteiger partial charge is 0.497 e. The Morgan fingerprint density at radius 2 is 1.85 bits per heavy atom. The van der Waals surface area contributed by atoms with Crippen molar-refractivity contribution in [2.24, 2.45) is 0 Å². The fourth-order valence-electron chi connectivity index (χ4n) is 2.40. The number of rotatable bonds is 3. The van der Waals surface area contributed by atoms with Crippen LogP contribution in [0.1, 0.15) is 45.2 Å². The van der Waals surface area contributed by atoms with Gasteiger partial charge < -0.3 is 9.47 Å². The summed E-state index contributed by atoms with van der Waals surface area (Å²) in [6, 6.07) is 7.96. The van der Waals surface area contributed by atoms with Gasteiger partial charge >= 0.3 is 5.97 Å². The minimum Gasteiger partial charge on any atom is -0.497 e. The van der Waals surface area contributed by atoms with E-state index in [1.54, 1.807) is 7.11 Å². The van der Waals surface area contributed by atoms with Crippen molar-refractivity contribution in [1.82, 2.24) is 5.32 Å². The maximum Gasteiger partial charge on any atom is 0.323 e. The van der Waals surface area contributed by atoms with E-state index in [0.717, 1.165) is 18.6 Å². The Bertz CT molecular complexity index is 462. The van der Waals surface area contributed by atoms with Gasteiger partial charge in [0, 0.05) is 6.04 Å². The Kier molecular flexibility index (Phi) is 4.33. The first-order valence-corrected chi connectivity index (χ1v) is 7.02. The Hall–Kier alpha value is -1.55. The van der Waals surface area contributed by atoms with Gasteiger partial charge in [-0.3, -0.25) is 10.1 Å². The summed E-state index contributed by atoms with van der Waals surface area (Å²) in [6.07, 6.45) is 1.75. The van der Waals surface area contributed by atoms with Crippen LogP contribution in [0.4, 0.5) is 0 Å². The fraction of sp³-hybridized carbons (Fsp3) is 0.562. The van der Waals surface area contributed by atoms with Crippen LogP contribution in [0.3, 0.4) is 0 Å². The summed E-state index contributed by atoms with van der Waals surface area (Å²) in [5, 5.41) is 3.35. The molecule has 0 bridgehead atoms. The number of ether oxygens (including phenoxy) is 2. The third-order valence-corrected chi connectivity index (χ3v) is 3.36. The molecule has 20 heavy (non-hydrogen) atoms. The summed E-state index contributed by atoms with van der Waals surface area (Å²) in [4.78, 5) is 12.0. The molecule has 110 valence electrons. The first-order valence-electron chi connectivity index (χ1n) is 7.02. The van der Waals surface area contributed by atoms with Crippen molar-refractivity contribution >= 4 is 5.97 Å². The van der Waals surface area contributed by atoms with Gasteiger partial charge in [0.25, 0.3) is 0 Å².